The monoisotopic (exact) mass is 610 g/mol. The van der Waals surface area contributed by atoms with Crippen molar-refractivity contribution in [2.45, 2.75) is 63.3 Å². The van der Waals surface area contributed by atoms with E-state index in [1.54, 1.807) is 31.2 Å². The summed E-state index contributed by atoms with van der Waals surface area (Å²) in [5.41, 5.74) is 2.16. The zero-order chi connectivity index (χ0) is 30.5. The molecule has 3 aromatic rings. The molecule has 1 saturated heterocycles. The number of nitrogens with one attached hydrogen (secondary N) is 2. The number of nitrogens with zero attached hydrogens (tertiary/aromatic N) is 2. The predicted molar refractivity (Wildman–Crippen MR) is 151 cm³/mol. The van der Waals surface area contributed by atoms with Crippen LogP contribution in [0.4, 0.5) is 32.0 Å². The summed E-state index contributed by atoms with van der Waals surface area (Å²) in [4.78, 5) is 6.73. The zero-order valence-electron chi connectivity index (χ0n) is 23.9. The molecule has 12 heteroatoms. The Kier molecular flexibility index (Phi) is 8.06. The van der Waals surface area contributed by atoms with Crippen molar-refractivity contribution in [3.05, 3.63) is 59.0 Å². The number of aromatic amines is 1. The molecule has 2 aromatic carbocycles. The molecule has 0 bridgehead atoms. The summed E-state index contributed by atoms with van der Waals surface area (Å²) in [5, 5.41) is 13.5. The van der Waals surface area contributed by atoms with Crippen LogP contribution in [0.25, 0.3) is 10.9 Å². The number of rotatable bonds is 11. The minimum atomic E-state index is -3.47. The van der Waals surface area contributed by atoms with Gasteiger partial charge in [0.15, 0.2) is 0 Å². The second-order valence-electron chi connectivity index (χ2n) is 12.3. The van der Waals surface area contributed by atoms with E-state index in [0.717, 1.165) is 24.9 Å². The van der Waals surface area contributed by atoms with Gasteiger partial charge in [-0.05, 0) is 50.3 Å². The molecule has 234 valence electrons. The van der Waals surface area contributed by atoms with Crippen LogP contribution < -0.4 is 10.1 Å². The maximum atomic E-state index is 14.8. The number of H-pyrrole nitrogens is 1. The van der Waals surface area contributed by atoms with Crippen molar-refractivity contribution in [3.63, 3.8) is 0 Å². The van der Waals surface area contributed by atoms with E-state index in [0.29, 0.717) is 42.7 Å². The Morgan fingerprint density at radius 3 is 2.70 bits per heavy atom. The highest BCUT2D eigenvalue weighted by atomic mass is 19.3. The van der Waals surface area contributed by atoms with Crippen LogP contribution >= 0.6 is 0 Å². The third kappa shape index (κ3) is 5.81. The number of alkyl halides is 5. The molecule has 3 N–H and O–H groups in total. The van der Waals surface area contributed by atoms with E-state index >= 15 is 0 Å². The van der Waals surface area contributed by atoms with Gasteiger partial charge in [-0.15, -0.1) is 0 Å². The van der Waals surface area contributed by atoms with Crippen LogP contribution in [0.2, 0.25) is 0 Å². The molecule has 1 unspecified atom stereocenters. The zero-order valence-corrected chi connectivity index (χ0v) is 23.9. The Balaban J connectivity index is 1.40. The van der Waals surface area contributed by atoms with Crippen molar-refractivity contribution < 1.29 is 36.2 Å². The molecule has 0 amide bonds. The average molecular weight is 611 g/mol. The molecule has 1 spiro atoms. The number of fused-ring (bicyclic) bond motifs is 3. The number of anilines is 1. The molecule has 43 heavy (non-hydrogen) atoms. The van der Waals surface area contributed by atoms with E-state index in [-0.39, 0.29) is 35.0 Å². The van der Waals surface area contributed by atoms with Gasteiger partial charge in [0.05, 0.1) is 24.8 Å². The number of para-hydroxylation sites is 1. The normalized spacial score (nSPS) is 23.8. The molecule has 3 aliphatic rings. The van der Waals surface area contributed by atoms with Crippen LogP contribution in [-0.2, 0) is 6.42 Å². The Bertz CT molecular complexity index is 1460. The molecule has 1 saturated carbocycles. The van der Waals surface area contributed by atoms with Crippen molar-refractivity contribution in [2.24, 2.45) is 5.41 Å². The third-order valence-corrected chi connectivity index (χ3v) is 9.32. The summed E-state index contributed by atoms with van der Waals surface area (Å²) in [6.07, 6.45) is 2.80. The summed E-state index contributed by atoms with van der Waals surface area (Å²) in [5.74, 6) is -4.17. The topological polar surface area (TPSA) is 63.8 Å². The minimum Gasteiger partial charge on any atom is -0.434 e. The van der Waals surface area contributed by atoms with Gasteiger partial charge in [0.2, 0.25) is 0 Å². The number of halogens is 6. The lowest BCUT2D eigenvalue weighted by Crippen LogP contribution is -2.49. The first kappa shape index (κ1) is 30.1. The first-order chi connectivity index (χ1) is 20.5. The molecular weight excluding hydrogens is 574 g/mol. The van der Waals surface area contributed by atoms with Gasteiger partial charge in [0.1, 0.15) is 18.2 Å². The Morgan fingerprint density at radius 2 is 2.00 bits per heavy atom. The Hall–Kier alpha value is -2.96. The van der Waals surface area contributed by atoms with E-state index in [1.807, 2.05) is 0 Å². The number of aromatic nitrogens is 1. The van der Waals surface area contributed by atoms with E-state index in [2.05, 4.69) is 15.2 Å². The molecule has 2 fully saturated rings. The van der Waals surface area contributed by atoms with Gasteiger partial charge in [0.25, 0.3) is 5.92 Å². The predicted octanol–water partition coefficient (Wildman–Crippen LogP) is 6.11. The van der Waals surface area contributed by atoms with E-state index in [1.165, 1.54) is 17.0 Å². The lowest BCUT2D eigenvalue weighted by atomic mass is 9.87. The number of ether oxygens (including phenoxy) is 1. The van der Waals surface area contributed by atoms with Crippen LogP contribution in [-0.4, -0.2) is 84.0 Å². The summed E-state index contributed by atoms with van der Waals surface area (Å²) in [6.45, 7) is -1.86. The number of likely N-dealkylation sites (tertiary alicyclic amines) is 1. The summed E-state index contributed by atoms with van der Waals surface area (Å²) in [7, 11) is 0. The minimum absolute atomic E-state index is 0.0371. The van der Waals surface area contributed by atoms with Crippen molar-refractivity contribution in [3.8, 4) is 5.75 Å². The van der Waals surface area contributed by atoms with Crippen molar-refractivity contribution in [1.82, 2.24) is 14.8 Å². The second-order valence-corrected chi connectivity index (χ2v) is 12.3. The molecule has 6 rings (SSSR count). The van der Waals surface area contributed by atoms with Gasteiger partial charge >= 0.3 is 6.61 Å². The molecule has 3 heterocycles. The molecular formula is C31H36F6N4O2. The largest absolute Gasteiger partial charge is 0.434 e. The van der Waals surface area contributed by atoms with E-state index < -0.39 is 43.6 Å². The number of aliphatic hydroxyl groups excluding tert-OH is 1. The fourth-order valence-electron chi connectivity index (χ4n) is 7.08. The second kappa shape index (κ2) is 11.5. The van der Waals surface area contributed by atoms with Crippen LogP contribution in [0, 0.1) is 11.2 Å². The number of benzene rings is 2. The fourth-order valence-corrected chi connectivity index (χ4v) is 7.08. The highest BCUT2D eigenvalue weighted by Crippen LogP contribution is 2.54. The number of hydrogen-bond acceptors (Lipinski definition) is 5. The smallest absolute Gasteiger partial charge is 0.387 e. The fraction of sp³-hybridized carbons (Fsp3) is 0.548. The Morgan fingerprint density at radius 1 is 1.21 bits per heavy atom. The maximum absolute atomic E-state index is 14.8. The highest BCUT2D eigenvalue weighted by molar-refractivity contribution is 5.86. The molecule has 1 aromatic heterocycles. The molecule has 2 aliphatic heterocycles. The lowest BCUT2D eigenvalue weighted by molar-refractivity contribution is -0.0874. The van der Waals surface area contributed by atoms with Crippen molar-refractivity contribution in [2.75, 3.05) is 44.8 Å². The summed E-state index contributed by atoms with van der Waals surface area (Å²) in [6, 6.07) is 7.90. The van der Waals surface area contributed by atoms with Crippen LogP contribution in [0.5, 0.6) is 5.75 Å². The Labute approximate surface area is 246 Å². The van der Waals surface area contributed by atoms with Crippen LogP contribution in [0.3, 0.4) is 0 Å². The van der Waals surface area contributed by atoms with E-state index in [4.69, 9.17) is 4.74 Å². The standard InChI is InChI=1S/C31H36F6N4O2/c1-18-12-22-20-4-2-5-23(33)26(20)39-27(22)28(41(18)16-31(36,37)17-42)21-7-6-19(13-24(21)43-29(34)35)38-25-14-40(11-3-10-32)15-30(25)8-9-30/h2,4-7,13,18,25,28-29,38-39,42H,3,8-12,14-17H2,1H3/t18-,25-,28?/m1/s1. The average Bonchev–Trinajstić information content (AvgIpc) is 3.53. The number of hydrogen-bond donors (Lipinski definition) is 3. The first-order valence-electron chi connectivity index (χ1n) is 14.7. The first-order valence-corrected chi connectivity index (χ1v) is 14.7. The van der Waals surface area contributed by atoms with Gasteiger partial charge < -0.3 is 25.0 Å². The van der Waals surface area contributed by atoms with Gasteiger partial charge in [-0.25, -0.2) is 13.2 Å². The molecule has 1 aliphatic carbocycles. The van der Waals surface area contributed by atoms with Gasteiger partial charge in [-0.3, -0.25) is 9.29 Å². The lowest BCUT2D eigenvalue weighted by Gasteiger charge is -2.42. The highest BCUT2D eigenvalue weighted by Gasteiger charge is 2.54. The molecule has 0 radical (unpaired) electrons. The molecule has 3 atom stereocenters. The summed E-state index contributed by atoms with van der Waals surface area (Å²) >= 11 is 0. The van der Waals surface area contributed by atoms with Crippen LogP contribution in [0.15, 0.2) is 36.4 Å². The molecule has 6 nitrogen and oxygen atoms in total. The quantitative estimate of drug-likeness (QED) is 0.229. The van der Waals surface area contributed by atoms with Crippen molar-refractivity contribution in [1.29, 1.82) is 0 Å². The third-order valence-electron chi connectivity index (χ3n) is 9.32. The maximum Gasteiger partial charge on any atom is 0.387 e. The van der Waals surface area contributed by atoms with Gasteiger partial charge in [-0.1, -0.05) is 18.2 Å². The van der Waals surface area contributed by atoms with Gasteiger partial charge in [-0.2, -0.15) is 8.78 Å². The van der Waals surface area contributed by atoms with Crippen LogP contribution in [0.1, 0.15) is 49.0 Å². The van der Waals surface area contributed by atoms with Crippen molar-refractivity contribution >= 4 is 16.6 Å². The van der Waals surface area contributed by atoms with Gasteiger partial charge in [0, 0.05) is 65.5 Å². The van der Waals surface area contributed by atoms with E-state index in [9.17, 15) is 31.4 Å². The SMILES string of the molecule is C[C@@H]1Cc2c([nH]c3c(F)cccc23)C(c2ccc(N[C@@H]3CN(CCCF)CC34CC4)cc2OC(F)F)N1CC(F)(F)CO. The number of aliphatic hydroxyl groups is 1. The summed E-state index contributed by atoms with van der Waals surface area (Å²) < 4.78 is 89.6.